The number of methoxy groups -OCH3 is 1. The second-order valence-corrected chi connectivity index (χ2v) is 6.78. The maximum Gasteiger partial charge on any atom is 0.255 e. The molecule has 1 heterocycles. The van der Waals surface area contributed by atoms with Gasteiger partial charge >= 0.3 is 0 Å². The van der Waals surface area contributed by atoms with Crippen molar-refractivity contribution >= 4 is 22.9 Å². The Hall–Kier alpha value is -2.66. The van der Waals surface area contributed by atoms with Crippen molar-refractivity contribution in [2.75, 3.05) is 12.4 Å². The van der Waals surface area contributed by atoms with Crippen LogP contribution in [0.2, 0.25) is 0 Å². The number of nitrogens with one attached hydrogen (secondary N) is 1. The predicted octanol–water partition coefficient (Wildman–Crippen LogP) is 4.69. The Morgan fingerprint density at radius 2 is 1.79 bits per heavy atom. The van der Waals surface area contributed by atoms with E-state index in [-0.39, 0.29) is 5.91 Å². The second kappa shape index (κ2) is 6.84. The van der Waals surface area contributed by atoms with Gasteiger partial charge in [0.2, 0.25) is 0 Å². The standard InChI is InChI=1S/C19H18N2O2S/c1-12-18(20-13(2)24-12)14-8-10-15(11-9-14)19(22)21-16-6-4-5-7-17(16)23-3/h4-11H,1-3H3,(H,21,22). The van der Waals surface area contributed by atoms with Crippen LogP contribution < -0.4 is 10.1 Å². The first-order valence-corrected chi connectivity index (χ1v) is 8.39. The van der Waals surface area contributed by atoms with Crippen LogP contribution in [0.3, 0.4) is 0 Å². The average Bonchev–Trinajstić information content (AvgIpc) is 2.94. The molecule has 0 fully saturated rings. The maximum atomic E-state index is 12.4. The van der Waals surface area contributed by atoms with E-state index in [9.17, 15) is 4.79 Å². The van der Waals surface area contributed by atoms with Gasteiger partial charge in [-0.1, -0.05) is 24.3 Å². The van der Waals surface area contributed by atoms with Crippen molar-refractivity contribution in [2.45, 2.75) is 13.8 Å². The van der Waals surface area contributed by atoms with E-state index in [0.29, 0.717) is 17.0 Å². The van der Waals surface area contributed by atoms with Crippen LogP contribution in [0, 0.1) is 13.8 Å². The molecule has 0 unspecified atom stereocenters. The van der Waals surface area contributed by atoms with Crippen molar-refractivity contribution in [1.29, 1.82) is 0 Å². The summed E-state index contributed by atoms with van der Waals surface area (Å²) < 4.78 is 5.25. The minimum Gasteiger partial charge on any atom is -0.495 e. The average molecular weight is 338 g/mol. The zero-order chi connectivity index (χ0) is 17.1. The number of para-hydroxylation sites is 2. The number of carbonyl (C=O) groups excluding carboxylic acids is 1. The molecule has 3 aromatic rings. The van der Waals surface area contributed by atoms with Crippen LogP contribution in [0.5, 0.6) is 5.75 Å². The number of hydrogen-bond donors (Lipinski definition) is 1. The number of thiazole rings is 1. The Morgan fingerprint density at radius 3 is 2.42 bits per heavy atom. The Kier molecular flexibility index (Phi) is 4.62. The molecule has 0 aliphatic carbocycles. The van der Waals surface area contributed by atoms with Gasteiger partial charge in [0.1, 0.15) is 5.75 Å². The zero-order valence-corrected chi connectivity index (χ0v) is 14.6. The third-order valence-electron chi connectivity index (χ3n) is 3.68. The Labute approximate surface area is 145 Å². The summed E-state index contributed by atoms with van der Waals surface area (Å²) in [5.41, 5.74) is 3.24. The zero-order valence-electron chi connectivity index (χ0n) is 13.8. The normalized spacial score (nSPS) is 10.5. The van der Waals surface area contributed by atoms with E-state index >= 15 is 0 Å². The number of benzene rings is 2. The highest BCUT2D eigenvalue weighted by atomic mass is 32.1. The molecular weight excluding hydrogens is 320 g/mol. The van der Waals surface area contributed by atoms with Gasteiger partial charge in [-0.2, -0.15) is 0 Å². The van der Waals surface area contributed by atoms with E-state index in [1.165, 1.54) is 4.88 Å². The lowest BCUT2D eigenvalue weighted by atomic mass is 10.1. The summed E-state index contributed by atoms with van der Waals surface area (Å²) in [6.45, 7) is 4.05. The molecule has 1 aromatic heterocycles. The summed E-state index contributed by atoms with van der Waals surface area (Å²) in [6.07, 6.45) is 0. The minimum atomic E-state index is -0.169. The number of ether oxygens (including phenoxy) is 1. The van der Waals surface area contributed by atoms with E-state index in [1.807, 2.05) is 55.5 Å². The van der Waals surface area contributed by atoms with E-state index in [4.69, 9.17) is 4.74 Å². The Morgan fingerprint density at radius 1 is 1.08 bits per heavy atom. The molecule has 1 amide bonds. The van der Waals surface area contributed by atoms with Gasteiger partial charge in [0.05, 0.1) is 23.5 Å². The molecule has 1 N–H and O–H groups in total. The summed E-state index contributed by atoms with van der Waals surface area (Å²) >= 11 is 1.68. The fourth-order valence-electron chi connectivity index (χ4n) is 2.52. The van der Waals surface area contributed by atoms with Gasteiger partial charge in [0.25, 0.3) is 5.91 Å². The van der Waals surface area contributed by atoms with Gasteiger partial charge in [-0.05, 0) is 38.1 Å². The first kappa shape index (κ1) is 16.2. The molecule has 2 aromatic carbocycles. The molecule has 0 aliphatic rings. The van der Waals surface area contributed by atoms with Crippen LogP contribution in [-0.4, -0.2) is 18.0 Å². The van der Waals surface area contributed by atoms with Crippen LogP contribution in [0.25, 0.3) is 11.3 Å². The van der Waals surface area contributed by atoms with E-state index in [0.717, 1.165) is 16.3 Å². The number of amides is 1. The van der Waals surface area contributed by atoms with E-state index in [1.54, 1.807) is 18.4 Å². The number of hydrogen-bond acceptors (Lipinski definition) is 4. The van der Waals surface area contributed by atoms with Crippen LogP contribution in [0.15, 0.2) is 48.5 Å². The monoisotopic (exact) mass is 338 g/mol. The molecule has 0 atom stereocenters. The number of aryl methyl sites for hydroxylation is 2. The third-order valence-corrected chi connectivity index (χ3v) is 4.57. The highest BCUT2D eigenvalue weighted by molar-refractivity contribution is 7.11. The highest BCUT2D eigenvalue weighted by Crippen LogP contribution is 2.28. The number of rotatable bonds is 4. The van der Waals surface area contributed by atoms with E-state index in [2.05, 4.69) is 17.2 Å². The first-order valence-electron chi connectivity index (χ1n) is 7.57. The highest BCUT2D eigenvalue weighted by Gasteiger charge is 2.11. The Bertz CT molecular complexity index is 869. The van der Waals surface area contributed by atoms with Crippen molar-refractivity contribution in [3.05, 3.63) is 64.0 Å². The molecule has 0 radical (unpaired) electrons. The second-order valence-electron chi connectivity index (χ2n) is 5.37. The van der Waals surface area contributed by atoms with Gasteiger partial charge in [-0.25, -0.2) is 4.98 Å². The quantitative estimate of drug-likeness (QED) is 0.751. The summed E-state index contributed by atoms with van der Waals surface area (Å²) in [5, 5.41) is 3.92. The molecule has 3 rings (SSSR count). The summed E-state index contributed by atoms with van der Waals surface area (Å²) in [6, 6.07) is 14.8. The number of nitrogens with zero attached hydrogens (tertiary/aromatic N) is 1. The molecule has 0 saturated heterocycles. The first-order chi connectivity index (χ1) is 11.6. The van der Waals surface area contributed by atoms with Gasteiger partial charge in [0.15, 0.2) is 0 Å². The van der Waals surface area contributed by atoms with Gasteiger partial charge < -0.3 is 10.1 Å². The lowest BCUT2D eigenvalue weighted by Gasteiger charge is -2.10. The summed E-state index contributed by atoms with van der Waals surface area (Å²) in [7, 11) is 1.58. The number of aromatic nitrogens is 1. The van der Waals surface area contributed by atoms with E-state index < -0.39 is 0 Å². The Balaban J connectivity index is 1.80. The molecule has 0 spiro atoms. The van der Waals surface area contributed by atoms with Crippen molar-refractivity contribution in [2.24, 2.45) is 0 Å². The third kappa shape index (κ3) is 3.31. The minimum absolute atomic E-state index is 0.169. The smallest absolute Gasteiger partial charge is 0.255 e. The van der Waals surface area contributed by atoms with Crippen LogP contribution in [0.1, 0.15) is 20.2 Å². The molecule has 4 nitrogen and oxygen atoms in total. The van der Waals surface area contributed by atoms with Gasteiger partial charge in [-0.15, -0.1) is 11.3 Å². The van der Waals surface area contributed by atoms with Crippen molar-refractivity contribution in [3.63, 3.8) is 0 Å². The molecule has 5 heteroatoms. The lowest BCUT2D eigenvalue weighted by molar-refractivity contribution is 0.102. The van der Waals surface area contributed by atoms with Crippen LogP contribution in [0.4, 0.5) is 5.69 Å². The van der Waals surface area contributed by atoms with Gasteiger partial charge in [-0.3, -0.25) is 4.79 Å². The largest absolute Gasteiger partial charge is 0.495 e. The topological polar surface area (TPSA) is 51.2 Å². The summed E-state index contributed by atoms with van der Waals surface area (Å²) in [5.74, 6) is 0.466. The SMILES string of the molecule is COc1ccccc1NC(=O)c1ccc(-c2nc(C)sc2C)cc1. The number of anilines is 1. The van der Waals surface area contributed by atoms with Gasteiger partial charge in [0, 0.05) is 16.0 Å². The predicted molar refractivity (Wildman–Crippen MR) is 98.0 cm³/mol. The molecule has 122 valence electrons. The fraction of sp³-hybridized carbons (Fsp3) is 0.158. The molecule has 0 saturated carbocycles. The summed E-state index contributed by atoms with van der Waals surface area (Å²) in [4.78, 5) is 18.1. The van der Waals surface area contributed by atoms with Crippen molar-refractivity contribution in [3.8, 4) is 17.0 Å². The van der Waals surface area contributed by atoms with Crippen LogP contribution >= 0.6 is 11.3 Å². The number of carbonyl (C=O) groups is 1. The lowest BCUT2D eigenvalue weighted by Crippen LogP contribution is -2.12. The molecule has 24 heavy (non-hydrogen) atoms. The molecule has 0 aliphatic heterocycles. The van der Waals surface area contributed by atoms with Crippen LogP contribution in [-0.2, 0) is 0 Å². The molecule has 0 bridgehead atoms. The maximum absolute atomic E-state index is 12.4. The van der Waals surface area contributed by atoms with Crippen molar-refractivity contribution < 1.29 is 9.53 Å². The van der Waals surface area contributed by atoms with Crippen molar-refractivity contribution in [1.82, 2.24) is 4.98 Å². The molecular formula is C19H18N2O2S. The fourth-order valence-corrected chi connectivity index (χ4v) is 3.36.